The number of piperidine rings is 1. The molecular weight excluding hydrogens is 234 g/mol. The zero-order valence-corrected chi connectivity index (χ0v) is 13.1. The molecular formula is C17H33NO. The molecule has 0 bridgehead atoms. The molecule has 1 rings (SSSR count). The Bertz CT molecular complexity index is 239. The van der Waals surface area contributed by atoms with Gasteiger partial charge in [-0.3, -0.25) is 4.79 Å². The molecule has 1 saturated heterocycles. The van der Waals surface area contributed by atoms with Crippen LogP contribution in [0, 0.1) is 5.92 Å². The number of likely N-dealkylation sites (tertiary alicyclic amines) is 1. The van der Waals surface area contributed by atoms with Crippen LogP contribution in [0.4, 0.5) is 0 Å². The second-order valence-corrected chi connectivity index (χ2v) is 6.31. The standard InChI is InChI=1S/C17H33NO/c1-3-4-5-6-7-8-9-10-11-13-18-14-12-16(2)15-17(18)19/h16H,3-15H2,1-2H3. The van der Waals surface area contributed by atoms with Gasteiger partial charge in [0.05, 0.1) is 0 Å². The van der Waals surface area contributed by atoms with Crippen molar-refractivity contribution in [1.29, 1.82) is 0 Å². The molecule has 0 aromatic heterocycles. The fourth-order valence-electron chi connectivity index (χ4n) is 2.88. The van der Waals surface area contributed by atoms with E-state index < -0.39 is 0 Å². The Morgan fingerprint density at radius 1 is 1.00 bits per heavy atom. The Kier molecular flexibility index (Phi) is 8.94. The molecule has 0 aromatic rings. The molecule has 0 N–H and O–H groups in total. The second-order valence-electron chi connectivity index (χ2n) is 6.31. The molecule has 0 radical (unpaired) electrons. The lowest BCUT2D eigenvalue weighted by Crippen LogP contribution is -2.38. The van der Waals surface area contributed by atoms with Crippen LogP contribution in [0.1, 0.15) is 84.5 Å². The van der Waals surface area contributed by atoms with Crippen molar-refractivity contribution in [3.63, 3.8) is 0 Å². The van der Waals surface area contributed by atoms with Crippen LogP contribution in [-0.2, 0) is 4.79 Å². The van der Waals surface area contributed by atoms with E-state index in [4.69, 9.17) is 0 Å². The predicted octanol–water partition coefficient (Wildman–Crippen LogP) is 4.78. The zero-order valence-electron chi connectivity index (χ0n) is 13.1. The van der Waals surface area contributed by atoms with Crippen molar-refractivity contribution in [3.8, 4) is 0 Å². The van der Waals surface area contributed by atoms with Gasteiger partial charge in [0.2, 0.25) is 5.91 Å². The summed E-state index contributed by atoms with van der Waals surface area (Å²) in [7, 11) is 0. The van der Waals surface area contributed by atoms with Crippen molar-refractivity contribution >= 4 is 5.91 Å². The van der Waals surface area contributed by atoms with Crippen molar-refractivity contribution in [2.24, 2.45) is 5.92 Å². The van der Waals surface area contributed by atoms with E-state index in [1.807, 2.05) is 0 Å². The van der Waals surface area contributed by atoms with Gasteiger partial charge in [-0.2, -0.15) is 0 Å². The first kappa shape index (κ1) is 16.5. The average Bonchev–Trinajstić information content (AvgIpc) is 2.39. The minimum Gasteiger partial charge on any atom is -0.343 e. The summed E-state index contributed by atoms with van der Waals surface area (Å²) in [5, 5.41) is 0. The van der Waals surface area contributed by atoms with Gasteiger partial charge in [0.25, 0.3) is 0 Å². The highest BCUT2D eigenvalue weighted by Crippen LogP contribution is 2.18. The number of rotatable bonds is 10. The van der Waals surface area contributed by atoms with Crippen LogP contribution < -0.4 is 0 Å². The van der Waals surface area contributed by atoms with Crippen molar-refractivity contribution in [1.82, 2.24) is 4.90 Å². The lowest BCUT2D eigenvalue weighted by molar-refractivity contribution is -0.134. The van der Waals surface area contributed by atoms with Gasteiger partial charge in [-0.1, -0.05) is 65.2 Å². The molecule has 19 heavy (non-hydrogen) atoms. The molecule has 0 aromatic carbocycles. The maximum absolute atomic E-state index is 11.8. The number of carbonyl (C=O) groups is 1. The monoisotopic (exact) mass is 267 g/mol. The van der Waals surface area contributed by atoms with Crippen molar-refractivity contribution in [3.05, 3.63) is 0 Å². The summed E-state index contributed by atoms with van der Waals surface area (Å²) in [5.41, 5.74) is 0. The number of nitrogens with zero attached hydrogens (tertiary/aromatic N) is 1. The van der Waals surface area contributed by atoms with Gasteiger partial charge in [0, 0.05) is 19.5 Å². The molecule has 112 valence electrons. The fraction of sp³-hybridized carbons (Fsp3) is 0.941. The van der Waals surface area contributed by atoms with E-state index in [0.717, 1.165) is 19.5 Å². The second kappa shape index (κ2) is 10.3. The molecule has 0 spiro atoms. The minimum atomic E-state index is 0.387. The summed E-state index contributed by atoms with van der Waals surface area (Å²) in [6.45, 7) is 6.45. The summed E-state index contributed by atoms with van der Waals surface area (Å²) < 4.78 is 0. The first-order valence-electron chi connectivity index (χ1n) is 8.51. The Morgan fingerprint density at radius 3 is 2.16 bits per heavy atom. The maximum Gasteiger partial charge on any atom is 0.222 e. The molecule has 1 fully saturated rings. The molecule has 1 atom stereocenters. The summed E-state index contributed by atoms with van der Waals surface area (Å²) in [6.07, 6.45) is 14.2. The SMILES string of the molecule is CCCCCCCCCCCN1CCC(C)CC1=O. The first-order valence-corrected chi connectivity index (χ1v) is 8.51. The summed E-state index contributed by atoms with van der Waals surface area (Å²) in [5.74, 6) is 0.991. The van der Waals surface area contributed by atoms with Crippen molar-refractivity contribution in [2.45, 2.75) is 84.5 Å². The van der Waals surface area contributed by atoms with Crippen LogP contribution >= 0.6 is 0 Å². The fourth-order valence-corrected chi connectivity index (χ4v) is 2.88. The summed E-state index contributed by atoms with van der Waals surface area (Å²) >= 11 is 0. The van der Waals surface area contributed by atoms with Gasteiger partial charge >= 0.3 is 0 Å². The zero-order chi connectivity index (χ0) is 13.9. The van der Waals surface area contributed by atoms with Crippen LogP contribution in [0.2, 0.25) is 0 Å². The van der Waals surface area contributed by atoms with E-state index in [1.165, 1.54) is 64.2 Å². The Hall–Kier alpha value is -0.530. The molecule has 1 aliphatic rings. The molecule has 1 unspecified atom stereocenters. The highest BCUT2D eigenvalue weighted by atomic mass is 16.2. The van der Waals surface area contributed by atoms with Gasteiger partial charge in [-0.25, -0.2) is 0 Å². The summed E-state index contributed by atoms with van der Waals surface area (Å²) in [6, 6.07) is 0. The van der Waals surface area contributed by atoms with Crippen LogP contribution in [0.3, 0.4) is 0 Å². The molecule has 1 heterocycles. The lowest BCUT2D eigenvalue weighted by atomic mass is 9.98. The number of hydrogen-bond acceptors (Lipinski definition) is 1. The van der Waals surface area contributed by atoms with E-state index in [2.05, 4.69) is 18.7 Å². The van der Waals surface area contributed by atoms with Gasteiger partial charge in [0.1, 0.15) is 0 Å². The highest BCUT2D eigenvalue weighted by molar-refractivity contribution is 5.77. The van der Waals surface area contributed by atoms with Crippen LogP contribution in [0.15, 0.2) is 0 Å². The number of unbranched alkanes of at least 4 members (excludes halogenated alkanes) is 8. The number of hydrogen-bond donors (Lipinski definition) is 0. The Balaban J connectivity index is 1.89. The van der Waals surface area contributed by atoms with Gasteiger partial charge in [-0.15, -0.1) is 0 Å². The predicted molar refractivity (Wildman–Crippen MR) is 82.2 cm³/mol. The molecule has 0 aliphatic carbocycles. The van der Waals surface area contributed by atoms with Crippen molar-refractivity contribution in [2.75, 3.05) is 13.1 Å². The smallest absolute Gasteiger partial charge is 0.222 e. The van der Waals surface area contributed by atoms with Crippen LogP contribution in [-0.4, -0.2) is 23.9 Å². The molecule has 2 nitrogen and oxygen atoms in total. The normalized spacial score (nSPS) is 20.0. The topological polar surface area (TPSA) is 20.3 Å². The van der Waals surface area contributed by atoms with E-state index in [0.29, 0.717) is 11.8 Å². The number of amides is 1. The largest absolute Gasteiger partial charge is 0.343 e. The lowest BCUT2D eigenvalue weighted by Gasteiger charge is -2.30. The Morgan fingerprint density at radius 2 is 1.58 bits per heavy atom. The third-order valence-electron chi connectivity index (χ3n) is 4.30. The van der Waals surface area contributed by atoms with Crippen LogP contribution in [0.5, 0.6) is 0 Å². The molecule has 2 heteroatoms. The van der Waals surface area contributed by atoms with E-state index in [-0.39, 0.29) is 0 Å². The van der Waals surface area contributed by atoms with Gasteiger partial charge in [-0.05, 0) is 18.8 Å². The molecule has 1 aliphatic heterocycles. The van der Waals surface area contributed by atoms with Gasteiger partial charge < -0.3 is 4.90 Å². The third kappa shape index (κ3) is 7.59. The van der Waals surface area contributed by atoms with Crippen molar-refractivity contribution < 1.29 is 4.79 Å². The minimum absolute atomic E-state index is 0.387. The Labute approximate surface area is 119 Å². The molecule has 1 amide bonds. The molecule has 0 saturated carbocycles. The van der Waals surface area contributed by atoms with E-state index in [1.54, 1.807) is 0 Å². The highest BCUT2D eigenvalue weighted by Gasteiger charge is 2.21. The summed E-state index contributed by atoms with van der Waals surface area (Å²) in [4.78, 5) is 13.9. The van der Waals surface area contributed by atoms with Gasteiger partial charge in [0.15, 0.2) is 0 Å². The van der Waals surface area contributed by atoms with Crippen LogP contribution in [0.25, 0.3) is 0 Å². The van der Waals surface area contributed by atoms with E-state index >= 15 is 0 Å². The average molecular weight is 267 g/mol. The third-order valence-corrected chi connectivity index (χ3v) is 4.30. The first-order chi connectivity index (χ1) is 9.24. The van der Waals surface area contributed by atoms with E-state index in [9.17, 15) is 4.79 Å². The number of carbonyl (C=O) groups excluding carboxylic acids is 1. The maximum atomic E-state index is 11.8. The quantitative estimate of drug-likeness (QED) is 0.522.